The number of nitrogens with zero attached hydrogens (tertiary/aromatic N) is 3. The van der Waals surface area contributed by atoms with E-state index in [1.165, 1.54) is 0 Å². The molecule has 1 aliphatic rings. The van der Waals surface area contributed by atoms with Crippen molar-refractivity contribution in [1.29, 1.82) is 0 Å². The predicted octanol–water partition coefficient (Wildman–Crippen LogP) is 2.37. The topological polar surface area (TPSA) is 95.6 Å². The number of carbonyl (C=O) groups excluding carboxylic acids is 1. The summed E-state index contributed by atoms with van der Waals surface area (Å²) in [5, 5.41) is 12.0. The highest BCUT2D eigenvalue weighted by Crippen LogP contribution is 2.21. The fraction of sp³-hybridized carbons (Fsp3) is 0.529. The van der Waals surface area contributed by atoms with Gasteiger partial charge in [-0.3, -0.25) is 9.89 Å². The minimum Gasteiger partial charge on any atom is -0.348 e. The molecule has 1 amide bonds. The van der Waals surface area contributed by atoms with Crippen molar-refractivity contribution in [3.8, 4) is 11.4 Å². The molecule has 146 valence electrons. The lowest BCUT2D eigenvalue weighted by atomic mass is 9.91. The van der Waals surface area contributed by atoms with E-state index in [4.69, 9.17) is 0 Å². The number of halogens is 3. The fourth-order valence-corrected chi connectivity index (χ4v) is 3.15. The molecule has 3 N–H and O–H groups in total. The van der Waals surface area contributed by atoms with Gasteiger partial charge in [0.15, 0.2) is 5.82 Å². The highest BCUT2D eigenvalue weighted by molar-refractivity contribution is 5.93. The van der Waals surface area contributed by atoms with Crippen molar-refractivity contribution >= 4 is 5.91 Å². The predicted molar refractivity (Wildman–Crippen MR) is 91.9 cm³/mol. The van der Waals surface area contributed by atoms with Gasteiger partial charge in [-0.2, -0.15) is 18.3 Å². The molecule has 0 bridgehead atoms. The summed E-state index contributed by atoms with van der Waals surface area (Å²) in [7, 11) is 0. The molecule has 1 aliphatic carbocycles. The summed E-state index contributed by atoms with van der Waals surface area (Å²) < 4.78 is 36.8. The maximum Gasteiger partial charge on any atom is 0.401 e. The van der Waals surface area contributed by atoms with E-state index < -0.39 is 12.7 Å². The lowest BCUT2D eigenvalue weighted by Gasteiger charge is -2.30. The molecule has 1 fully saturated rings. The molecule has 0 spiro atoms. The summed E-state index contributed by atoms with van der Waals surface area (Å²) in [5.41, 5.74) is 1.60. The van der Waals surface area contributed by atoms with Crippen LogP contribution in [0.15, 0.2) is 18.5 Å². The molecule has 2 aromatic heterocycles. The number of aromatic amines is 1. The summed E-state index contributed by atoms with van der Waals surface area (Å²) >= 11 is 0. The quantitative estimate of drug-likeness (QED) is 0.738. The van der Waals surface area contributed by atoms with Gasteiger partial charge in [-0.1, -0.05) is 0 Å². The van der Waals surface area contributed by atoms with Crippen LogP contribution in [-0.2, 0) is 0 Å². The Morgan fingerprint density at radius 1 is 1.22 bits per heavy atom. The van der Waals surface area contributed by atoms with Crippen LogP contribution in [0.4, 0.5) is 13.2 Å². The molecular formula is C17H21F3N6O. The van der Waals surface area contributed by atoms with Gasteiger partial charge in [-0.15, -0.1) is 0 Å². The number of amides is 1. The van der Waals surface area contributed by atoms with Crippen molar-refractivity contribution in [3.05, 3.63) is 29.8 Å². The van der Waals surface area contributed by atoms with Crippen molar-refractivity contribution in [2.75, 3.05) is 6.54 Å². The highest BCUT2D eigenvalue weighted by atomic mass is 19.4. The number of alkyl halides is 3. The van der Waals surface area contributed by atoms with Crippen LogP contribution in [0, 0.1) is 6.92 Å². The standard InChI is InChI=1S/C17H21F3N6O/c1-10-6-14(26-15(24-10)11-7-22-23-8-11)16(27)25-13-4-2-12(3-5-13)21-9-17(18,19)20/h6-8,12-13,21H,2-5,9H2,1H3,(H,22,23)(H,25,27). The average Bonchev–Trinajstić information content (AvgIpc) is 3.14. The Kier molecular flexibility index (Phi) is 5.73. The monoisotopic (exact) mass is 382 g/mol. The zero-order valence-electron chi connectivity index (χ0n) is 14.8. The van der Waals surface area contributed by atoms with Gasteiger partial charge < -0.3 is 10.6 Å². The number of hydrogen-bond acceptors (Lipinski definition) is 5. The zero-order chi connectivity index (χ0) is 19.4. The Labute approximate surface area is 154 Å². The molecule has 7 nitrogen and oxygen atoms in total. The first kappa shape index (κ1) is 19.3. The number of rotatable bonds is 5. The SMILES string of the molecule is Cc1cc(C(=O)NC2CCC(NCC(F)(F)F)CC2)nc(-c2cn[nH]c2)n1. The molecule has 0 saturated heterocycles. The van der Waals surface area contributed by atoms with E-state index in [0.717, 1.165) is 0 Å². The smallest absolute Gasteiger partial charge is 0.348 e. The Morgan fingerprint density at radius 3 is 2.56 bits per heavy atom. The van der Waals surface area contributed by atoms with Crippen LogP contribution in [0.25, 0.3) is 11.4 Å². The molecule has 0 unspecified atom stereocenters. The van der Waals surface area contributed by atoms with Crippen molar-refractivity contribution in [2.45, 2.75) is 50.9 Å². The number of nitrogens with one attached hydrogen (secondary N) is 3. The van der Waals surface area contributed by atoms with Crippen LogP contribution < -0.4 is 10.6 Å². The van der Waals surface area contributed by atoms with Gasteiger partial charge in [-0.25, -0.2) is 9.97 Å². The number of hydrogen-bond donors (Lipinski definition) is 3. The Hall–Kier alpha value is -2.49. The first-order valence-corrected chi connectivity index (χ1v) is 8.76. The van der Waals surface area contributed by atoms with Crippen LogP contribution in [0.5, 0.6) is 0 Å². The molecular weight excluding hydrogens is 361 g/mol. The molecule has 2 heterocycles. The number of aryl methyl sites for hydroxylation is 1. The molecule has 27 heavy (non-hydrogen) atoms. The number of H-pyrrole nitrogens is 1. The summed E-state index contributed by atoms with van der Waals surface area (Å²) in [5.74, 6) is 0.103. The van der Waals surface area contributed by atoms with E-state index in [1.54, 1.807) is 25.4 Å². The summed E-state index contributed by atoms with van der Waals surface area (Å²) in [6, 6.07) is 1.36. The molecule has 0 aliphatic heterocycles. The summed E-state index contributed by atoms with van der Waals surface area (Å²) in [6.07, 6.45) is 1.44. The van der Waals surface area contributed by atoms with E-state index in [1.807, 2.05) is 0 Å². The zero-order valence-corrected chi connectivity index (χ0v) is 14.8. The van der Waals surface area contributed by atoms with Crippen molar-refractivity contribution in [2.24, 2.45) is 0 Å². The second kappa shape index (κ2) is 8.03. The van der Waals surface area contributed by atoms with Crippen LogP contribution in [0.2, 0.25) is 0 Å². The van der Waals surface area contributed by atoms with Gasteiger partial charge in [0, 0.05) is 24.0 Å². The second-order valence-electron chi connectivity index (χ2n) is 6.72. The van der Waals surface area contributed by atoms with Crippen LogP contribution >= 0.6 is 0 Å². The normalized spacial score (nSPS) is 20.4. The minimum atomic E-state index is -4.21. The van der Waals surface area contributed by atoms with Gasteiger partial charge in [-0.05, 0) is 38.7 Å². The van der Waals surface area contributed by atoms with Crippen LogP contribution in [0.1, 0.15) is 41.9 Å². The third kappa shape index (κ3) is 5.49. The molecule has 1 saturated carbocycles. The highest BCUT2D eigenvalue weighted by Gasteiger charge is 2.30. The molecule has 3 rings (SSSR count). The van der Waals surface area contributed by atoms with E-state index in [9.17, 15) is 18.0 Å². The molecule has 0 radical (unpaired) electrons. The largest absolute Gasteiger partial charge is 0.401 e. The minimum absolute atomic E-state index is 0.0749. The molecule has 10 heteroatoms. The maximum atomic E-state index is 12.5. The molecule has 0 atom stereocenters. The number of carbonyl (C=O) groups is 1. The number of aromatic nitrogens is 4. The van der Waals surface area contributed by atoms with E-state index >= 15 is 0 Å². The van der Waals surface area contributed by atoms with Crippen molar-refractivity contribution < 1.29 is 18.0 Å². The Morgan fingerprint density at radius 2 is 1.93 bits per heavy atom. The van der Waals surface area contributed by atoms with Gasteiger partial charge in [0.05, 0.1) is 18.3 Å². The van der Waals surface area contributed by atoms with E-state index in [-0.39, 0.29) is 23.7 Å². The first-order valence-electron chi connectivity index (χ1n) is 8.76. The van der Waals surface area contributed by atoms with Crippen molar-refractivity contribution in [1.82, 2.24) is 30.8 Å². The van der Waals surface area contributed by atoms with Gasteiger partial charge in [0.25, 0.3) is 5.91 Å². The lowest BCUT2D eigenvalue weighted by molar-refractivity contribution is -0.126. The summed E-state index contributed by atoms with van der Waals surface area (Å²) in [4.78, 5) is 21.1. The summed E-state index contributed by atoms with van der Waals surface area (Å²) in [6.45, 7) is 0.797. The van der Waals surface area contributed by atoms with Crippen LogP contribution in [-0.4, -0.2) is 50.9 Å². The van der Waals surface area contributed by atoms with Gasteiger partial charge in [0.1, 0.15) is 5.69 Å². The van der Waals surface area contributed by atoms with E-state index in [0.29, 0.717) is 42.8 Å². The van der Waals surface area contributed by atoms with Gasteiger partial charge >= 0.3 is 6.18 Å². The molecule has 0 aromatic carbocycles. The maximum absolute atomic E-state index is 12.5. The fourth-order valence-electron chi connectivity index (χ4n) is 3.15. The molecule has 2 aromatic rings. The van der Waals surface area contributed by atoms with Crippen LogP contribution in [0.3, 0.4) is 0 Å². The second-order valence-corrected chi connectivity index (χ2v) is 6.72. The Bertz CT molecular complexity index is 769. The third-order valence-electron chi connectivity index (χ3n) is 4.50. The van der Waals surface area contributed by atoms with Gasteiger partial charge in [0.2, 0.25) is 0 Å². The average molecular weight is 382 g/mol. The first-order chi connectivity index (χ1) is 12.8. The van der Waals surface area contributed by atoms with Crippen molar-refractivity contribution in [3.63, 3.8) is 0 Å². The Balaban J connectivity index is 1.56. The van der Waals surface area contributed by atoms with E-state index in [2.05, 4.69) is 30.8 Å². The third-order valence-corrected chi connectivity index (χ3v) is 4.50. The lowest BCUT2D eigenvalue weighted by Crippen LogP contribution is -2.44.